The molecule has 10 heavy (non-hydrogen) atoms. The number of nitrogens with one attached hydrogen (secondary N) is 1. The number of hydrogen-bond acceptors (Lipinski definition) is 1. The summed E-state index contributed by atoms with van der Waals surface area (Å²) in [6.45, 7) is 0. The number of H-pyrrole nitrogens is 1. The van der Waals surface area contributed by atoms with Gasteiger partial charge in [0, 0.05) is 11.9 Å². The highest BCUT2D eigenvalue weighted by Crippen LogP contribution is 1.98. The van der Waals surface area contributed by atoms with Crippen LogP contribution in [0.15, 0.2) is 12.5 Å². The molecule has 2 nitrogen and oxygen atoms in total. The average molecular weight is 157 g/mol. The van der Waals surface area contributed by atoms with Crippen molar-refractivity contribution in [3.05, 3.63) is 18.2 Å². The van der Waals surface area contributed by atoms with Crippen molar-refractivity contribution >= 4 is 12.6 Å². The van der Waals surface area contributed by atoms with Crippen LogP contribution in [0.1, 0.15) is 18.5 Å². The van der Waals surface area contributed by atoms with Crippen LogP contribution in [0.3, 0.4) is 0 Å². The van der Waals surface area contributed by atoms with Gasteiger partial charge in [0.2, 0.25) is 0 Å². The van der Waals surface area contributed by atoms with Gasteiger partial charge in [0.15, 0.2) is 0 Å². The zero-order valence-electron chi connectivity index (χ0n) is 5.93. The van der Waals surface area contributed by atoms with Gasteiger partial charge in [-0.15, -0.1) is 0 Å². The maximum atomic E-state index is 3.93. The number of aromatic nitrogens is 2. The fraction of sp³-hybridized carbons (Fsp3) is 0.571. The first kappa shape index (κ1) is 7.66. The van der Waals surface area contributed by atoms with E-state index >= 15 is 0 Å². The van der Waals surface area contributed by atoms with Crippen molar-refractivity contribution in [1.82, 2.24) is 9.97 Å². The molecule has 0 aliphatic carbocycles. The molecule has 0 saturated carbocycles. The van der Waals surface area contributed by atoms with E-state index in [0.29, 0.717) is 0 Å². The highest BCUT2D eigenvalue weighted by molar-refractivity contribution is 7.58. The van der Waals surface area contributed by atoms with Crippen molar-refractivity contribution in [2.75, 3.05) is 5.75 Å². The number of aryl methyl sites for hydroxylation is 1. The van der Waals surface area contributed by atoms with Crippen LogP contribution in [-0.4, -0.2) is 15.7 Å². The summed E-state index contributed by atoms with van der Waals surface area (Å²) in [6.07, 6.45) is 7.18. The van der Waals surface area contributed by atoms with Gasteiger partial charge in [-0.3, -0.25) is 0 Å². The summed E-state index contributed by atoms with van der Waals surface area (Å²) in [4.78, 5) is 7.00. The molecular formula is C7H13N2S+. The van der Waals surface area contributed by atoms with E-state index in [-0.39, 0.29) is 0 Å². The Morgan fingerprint density at radius 1 is 1.50 bits per heavy atom. The summed E-state index contributed by atoms with van der Waals surface area (Å²) in [5.41, 5.74) is 1.24. The molecule has 0 aliphatic rings. The predicted octanol–water partition coefficient (Wildman–Crippen LogP) is 0.744. The minimum Gasteiger partial charge on any atom is -0.348 e. The van der Waals surface area contributed by atoms with Crippen LogP contribution in [-0.2, 0) is 19.0 Å². The van der Waals surface area contributed by atoms with Gasteiger partial charge in [0.1, 0.15) is 5.75 Å². The van der Waals surface area contributed by atoms with Crippen LogP contribution >= 0.6 is 0 Å². The maximum Gasteiger partial charge on any atom is 0.103 e. The summed E-state index contributed by atoms with van der Waals surface area (Å²) in [5.74, 6) is 1.09. The Hall–Kier alpha value is -0.440. The molecule has 0 saturated heterocycles. The molecule has 3 heteroatoms. The van der Waals surface area contributed by atoms with Gasteiger partial charge in [0.25, 0.3) is 0 Å². The summed E-state index contributed by atoms with van der Waals surface area (Å²) in [7, 11) is 0. The first-order valence-electron chi connectivity index (χ1n) is 3.55. The summed E-state index contributed by atoms with van der Waals surface area (Å²) in [6, 6.07) is 0. The van der Waals surface area contributed by atoms with E-state index in [1.54, 1.807) is 6.33 Å². The monoisotopic (exact) mass is 157 g/mol. The quantitative estimate of drug-likeness (QED) is 0.507. The van der Waals surface area contributed by atoms with Gasteiger partial charge < -0.3 is 4.98 Å². The maximum absolute atomic E-state index is 3.93. The van der Waals surface area contributed by atoms with E-state index in [0.717, 1.165) is 12.2 Å². The lowest BCUT2D eigenvalue weighted by molar-refractivity contribution is 0.788. The van der Waals surface area contributed by atoms with Gasteiger partial charge in [-0.25, -0.2) is 4.98 Å². The summed E-state index contributed by atoms with van der Waals surface area (Å²) >= 11 is 3.43. The van der Waals surface area contributed by atoms with Gasteiger partial charge in [-0.05, 0) is 31.9 Å². The molecule has 1 N–H and O–H groups in total. The Morgan fingerprint density at radius 2 is 2.40 bits per heavy atom. The van der Waals surface area contributed by atoms with E-state index in [1.807, 2.05) is 6.20 Å². The van der Waals surface area contributed by atoms with E-state index in [2.05, 4.69) is 22.6 Å². The first-order chi connectivity index (χ1) is 4.93. The molecule has 0 spiro atoms. The molecule has 1 aromatic rings. The third kappa shape index (κ3) is 2.43. The number of unbranched alkanes of at least 4 members (excludes halogenated alkanes) is 1. The van der Waals surface area contributed by atoms with Gasteiger partial charge in [-0.2, -0.15) is 0 Å². The standard InChI is InChI=1S/C7H12N2S/c10-4-2-1-3-7-5-8-6-9-7/h5-6,10H,1-4H2,(H,8,9)/p+1. The second-order valence-corrected chi connectivity index (χ2v) is 2.78. The Labute approximate surface area is 66.5 Å². The van der Waals surface area contributed by atoms with E-state index < -0.39 is 0 Å². The molecule has 56 valence electrons. The minimum atomic E-state index is 1.09. The van der Waals surface area contributed by atoms with Crippen LogP contribution in [0.2, 0.25) is 0 Å². The predicted molar refractivity (Wildman–Crippen MR) is 46.5 cm³/mol. The lowest BCUT2D eigenvalue weighted by Crippen LogP contribution is -1.86. The molecule has 0 amide bonds. The average Bonchev–Trinajstić information content (AvgIpc) is 2.41. The Kier molecular flexibility index (Phi) is 3.36. The van der Waals surface area contributed by atoms with Crippen molar-refractivity contribution in [1.29, 1.82) is 0 Å². The number of imidazole rings is 1. The Balaban J connectivity index is 2.15. The highest BCUT2D eigenvalue weighted by atomic mass is 32.1. The summed E-state index contributed by atoms with van der Waals surface area (Å²) < 4.78 is 0. The SMILES string of the molecule is [SH2+]CCCCc1cnc[nH]1. The van der Waals surface area contributed by atoms with Crippen molar-refractivity contribution < 1.29 is 0 Å². The van der Waals surface area contributed by atoms with E-state index in [1.165, 1.54) is 18.5 Å². The van der Waals surface area contributed by atoms with Crippen LogP contribution in [0.4, 0.5) is 0 Å². The lowest BCUT2D eigenvalue weighted by Gasteiger charge is -1.91. The molecule has 1 rings (SSSR count). The van der Waals surface area contributed by atoms with Gasteiger partial charge in [0.05, 0.1) is 6.33 Å². The molecule has 0 fully saturated rings. The molecule has 0 aliphatic heterocycles. The smallest absolute Gasteiger partial charge is 0.103 e. The third-order valence-corrected chi connectivity index (χ3v) is 1.78. The second kappa shape index (κ2) is 4.39. The van der Waals surface area contributed by atoms with Crippen molar-refractivity contribution in [3.63, 3.8) is 0 Å². The molecular weight excluding hydrogens is 144 g/mol. The summed E-state index contributed by atoms with van der Waals surface area (Å²) in [5, 5.41) is 0. The second-order valence-electron chi connectivity index (χ2n) is 2.28. The lowest BCUT2D eigenvalue weighted by atomic mass is 10.2. The molecule has 0 unspecified atom stereocenters. The number of rotatable bonds is 4. The van der Waals surface area contributed by atoms with Crippen molar-refractivity contribution in [2.24, 2.45) is 0 Å². The number of aromatic amines is 1. The van der Waals surface area contributed by atoms with E-state index in [9.17, 15) is 0 Å². The molecule has 0 bridgehead atoms. The van der Waals surface area contributed by atoms with Gasteiger partial charge in [-0.1, -0.05) is 0 Å². The zero-order valence-corrected chi connectivity index (χ0v) is 6.93. The van der Waals surface area contributed by atoms with Crippen molar-refractivity contribution in [2.45, 2.75) is 19.3 Å². The fourth-order valence-electron chi connectivity index (χ4n) is 0.862. The molecule has 0 aromatic carbocycles. The third-order valence-electron chi connectivity index (χ3n) is 1.43. The van der Waals surface area contributed by atoms with Gasteiger partial charge >= 0.3 is 0 Å². The van der Waals surface area contributed by atoms with E-state index in [4.69, 9.17) is 0 Å². The molecule has 1 heterocycles. The molecule has 1 aromatic heterocycles. The molecule has 0 atom stereocenters. The normalized spacial score (nSPS) is 10.1. The zero-order chi connectivity index (χ0) is 7.23. The van der Waals surface area contributed by atoms with Crippen LogP contribution in [0.5, 0.6) is 0 Å². The highest BCUT2D eigenvalue weighted by Gasteiger charge is 1.92. The fourth-order valence-corrected chi connectivity index (χ4v) is 1.11. The number of hydrogen-bond donors (Lipinski definition) is 1. The Morgan fingerprint density at radius 3 is 3.00 bits per heavy atom. The van der Waals surface area contributed by atoms with Crippen LogP contribution < -0.4 is 0 Å². The van der Waals surface area contributed by atoms with Crippen LogP contribution in [0.25, 0.3) is 0 Å². The van der Waals surface area contributed by atoms with Crippen LogP contribution in [0, 0.1) is 0 Å². The number of nitrogens with zero attached hydrogens (tertiary/aromatic N) is 1. The topological polar surface area (TPSA) is 28.7 Å². The van der Waals surface area contributed by atoms with Crippen molar-refractivity contribution in [3.8, 4) is 0 Å². The minimum absolute atomic E-state index is 1.09. The first-order valence-corrected chi connectivity index (χ1v) is 4.26. The largest absolute Gasteiger partial charge is 0.348 e. The molecule has 0 radical (unpaired) electrons. The Bertz CT molecular complexity index is 160.